The summed E-state index contributed by atoms with van der Waals surface area (Å²) < 4.78 is 10.9. The predicted molar refractivity (Wildman–Crippen MR) is 88.8 cm³/mol. The lowest BCUT2D eigenvalue weighted by atomic mass is 10.1. The van der Waals surface area contributed by atoms with Crippen molar-refractivity contribution in [1.82, 2.24) is 10.2 Å². The Morgan fingerprint density at radius 3 is 2.91 bits per heavy atom. The van der Waals surface area contributed by atoms with Crippen molar-refractivity contribution in [2.24, 2.45) is 0 Å². The first-order valence-corrected chi connectivity index (χ1v) is 8.79. The molecule has 1 aromatic carbocycles. The molecule has 0 spiro atoms. The Bertz CT molecular complexity index is 563. The molecule has 2 atom stereocenters. The minimum atomic E-state index is -0.790. The maximum atomic E-state index is 11.1. The molecule has 3 rings (SSSR count). The number of nitrogens with zero attached hydrogens (tertiary/aromatic N) is 1. The Morgan fingerprint density at radius 1 is 1.48 bits per heavy atom. The molecule has 2 N–H and O–H groups in total. The molecule has 0 saturated carbocycles. The Hall–Kier alpha value is -1.28. The summed E-state index contributed by atoms with van der Waals surface area (Å²) in [6, 6.07) is 5.64. The van der Waals surface area contributed by atoms with Gasteiger partial charge in [-0.25, -0.2) is 0 Å². The molecule has 23 heavy (non-hydrogen) atoms. The molecular weight excluding hydrogens is 316 g/mol. The van der Waals surface area contributed by atoms with Crippen LogP contribution in [0.2, 0.25) is 0 Å². The van der Waals surface area contributed by atoms with E-state index in [2.05, 4.69) is 16.3 Å². The summed E-state index contributed by atoms with van der Waals surface area (Å²) in [6.45, 7) is 4.20. The molecule has 0 aliphatic carbocycles. The van der Waals surface area contributed by atoms with Crippen LogP contribution in [0.15, 0.2) is 18.2 Å². The highest BCUT2D eigenvalue weighted by Crippen LogP contribution is 2.35. The van der Waals surface area contributed by atoms with Crippen LogP contribution in [0, 0.1) is 0 Å². The number of aliphatic carboxylic acids is 1. The molecule has 2 aliphatic heterocycles. The second-order valence-corrected chi connectivity index (χ2v) is 6.87. The number of carboxylic acids is 1. The Morgan fingerprint density at radius 2 is 2.26 bits per heavy atom. The van der Waals surface area contributed by atoms with Crippen LogP contribution in [0.3, 0.4) is 0 Å². The van der Waals surface area contributed by atoms with Crippen LogP contribution in [0.4, 0.5) is 0 Å². The number of carbonyl (C=O) groups is 1. The summed E-state index contributed by atoms with van der Waals surface area (Å²) in [7, 11) is 1.68. The van der Waals surface area contributed by atoms with Gasteiger partial charge in [-0.2, -0.15) is 0 Å². The fourth-order valence-corrected chi connectivity index (χ4v) is 4.12. The summed E-state index contributed by atoms with van der Waals surface area (Å²) in [4.78, 5) is 13.4. The lowest BCUT2D eigenvalue weighted by molar-refractivity contribution is -0.138. The van der Waals surface area contributed by atoms with Crippen molar-refractivity contribution in [2.45, 2.75) is 18.0 Å². The molecule has 6 nitrogen and oxygen atoms in total. The van der Waals surface area contributed by atoms with Crippen molar-refractivity contribution >= 4 is 17.7 Å². The number of thioether (sulfide) groups is 1. The summed E-state index contributed by atoms with van der Waals surface area (Å²) in [5.74, 6) is 0.672. The van der Waals surface area contributed by atoms with Crippen LogP contribution in [0.25, 0.3) is 0 Å². The monoisotopic (exact) mass is 338 g/mol. The largest absolute Gasteiger partial charge is 0.496 e. The molecule has 2 saturated heterocycles. The molecule has 0 radical (unpaired) electrons. The summed E-state index contributed by atoms with van der Waals surface area (Å²) in [5, 5.41) is 12.3. The predicted octanol–water partition coefficient (Wildman–Crippen LogP) is 1.32. The Balaban J connectivity index is 1.74. The zero-order valence-electron chi connectivity index (χ0n) is 13.2. The van der Waals surface area contributed by atoms with Gasteiger partial charge in [0.05, 0.1) is 25.7 Å². The van der Waals surface area contributed by atoms with Crippen molar-refractivity contribution in [3.8, 4) is 5.75 Å². The molecule has 0 amide bonds. The zero-order chi connectivity index (χ0) is 16.2. The smallest absolute Gasteiger partial charge is 0.321 e. The van der Waals surface area contributed by atoms with Gasteiger partial charge in [0.2, 0.25) is 0 Å². The highest BCUT2D eigenvalue weighted by atomic mass is 32.2. The molecule has 126 valence electrons. The summed E-state index contributed by atoms with van der Waals surface area (Å²) >= 11 is 1.63. The van der Waals surface area contributed by atoms with E-state index in [0.717, 1.165) is 49.7 Å². The van der Waals surface area contributed by atoms with Gasteiger partial charge in [0, 0.05) is 31.0 Å². The first-order valence-electron chi connectivity index (χ1n) is 7.75. The highest BCUT2D eigenvalue weighted by Gasteiger charge is 2.30. The molecule has 2 aliphatic rings. The van der Waals surface area contributed by atoms with Crippen LogP contribution in [-0.4, -0.2) is 61.2 Å². The lowest BCUT2D eigenvalue weighted by Gasteiger charge is -2.27. The first-order chi connectivity index (χ1) is 11.2. The normalized spacial score (nSPS) is 25.4. The maximum Gasteiger partial charge on any atom is 0.321 e. The molecular formula is C16H22N2O4S. The lowest BCUT2D eigenvalue weighted by Crippen LogP contribution is -2.36. The first kappa shape index (κ1) is 16.6. The zero-order valence-corrected chi connectivity index (χ0v) is 14.0. The number of benzene rings is 1. The van der Waals surface area contributed by atoms with Gasteiger partial charge in [-0.3, -0.25) is 15.0 Å². The van der Waals surface area contributed by atoms with Crippen molar-refractivity contribution in [3.63, 3.8) is 0 Å². The van der Waals surface area contributed by atoms with Gasteiger partial charge in [-0.1, -0.05) is 6.07 Å². The third kappa shape index (κ3) is 3.98. The number of rotatable bonds is 5. The molecule has 7 heteroatoms. The number of hydrogen-bond donors (Lipinski definition) is 2. The third-order valence-corrected chi connectivity index (χ3v) is 5.45. The quantitative estimate of drug-likeness (QED) is 0.839. The van der Waals surface area contributed by atoms with Gasteiger partial charge < -0.3 is 14.6 Å². The van der Waals surface area contributed by atoms with Crippen LogP contribution >= 0.6 is 11.8 Å². The van der Waals surface area contributed by atoms with E-state index in [1.165, 1.54) is 0 Å². The van der Waals surface area contributed by atoms with Gasteiger partial charge >= 0.3 is 5.97 Å². The van der Waals surface area contributed by atoms with E-state index in [-0.39, 0.29) is 5.37 Å². The summed E-state index contributed by atoms with van der Waals surface area (Å²) in [6.07, 6.45) is 0. The van der Waals surface area contributed by atoms with Gasteiger partial charge in [0.15, 0.2) is 0 Å². The van der Waals surface area contributed by atoms with Crippen molar-refractivity contribution in [1.29, 1.82) is 0 Å². The van der Waals surface area contributed by atoms with Crippen LogP contribution in [0.5, 0.6) is 5.75 Å². The molecule has 1 aromatic rings. The van der Waals surface area contributed by atoms with Crippen LogP contribution in [0.1, 0.15) is 16.5 Å². The number of nitrogens with one attached hydrogen (secondary N) is 1. The average Bonchev–Trinajstić information content (AvgIpc) is 3.06. The van der Waals surface area contributed by atoms with Crippen molar-refractivity contribution in [2.75, 3.05) is 39.2 Å². The van der Waals surface area contributed by atoms with E-state index >= 15 is 0 Å². The van der Waals surface area contributed by atoms with E-state index < -0.39 is 12.0 Å². The number of hydrogen-bond acceptors (Lipinski definition) is 6. The van der Waals surface area contributed by atoms with Crippen LogP contribution in [-0.2, 0) is 16.1 Å². The number of morpholine rings is 1. The Labute approximate surface area is 140 Å². The standard InChI is InChI=1S/C16H22N2O4S/c1-21-14-3-2-11(15-17-13(10-23-15)16(19)20)8-12(14)9-18-4-6-22-7-5-18/h2-3,8,13,15,17H,4-7,9-10H2,1H3,(H,19,20)/t13-,15-/m0/s1. The molecule has 0 aromatic heterocycles. The maximum absolute atomic E-state index is 11.1. The highest BCUT2D eigenvalue weighted by molar-refractivity contribution is 7.99. The van der Waals surface area contributed by atoms with E-state index in [9.17, 15) is 4.79 Å². The molecule has 2 fully saturated rings. The van der Waals surface area contributed by atoms with Crippen molar-refractivity contribution < 1.29 is 19.4 Å². The average molecular weight is 338 g/mol. The van der Waals surface area contributed by atoms with Gasteiger partial charge in [0.1, 0.15) is 11.8 Å². The van der Waals surface area contributed by atoms with E-state index in [1.54, 1.807) is 18.9 Å². The van der Waals surface area contributed by atoms with Crippen molar-refractivity contribution in [3.05, 3.63) is 29.3 Å². The van der Waals surface area contributed by atoms with E-state index in [1.807, 2.05) is 12.1 Å². The molecule has 0 unspecified atom stereocenters. The fraction of sp³-hybridized carbons (Fsp3) is 0.562. The van der Waals surface area contributed by atoms with E-state index in [0.29, 0.717) is 5.75 Å². The second kappa shape index (κ2) is 7.53. The SMILES string of the molecule is COc1ccc([C@H]2N[C@H](C(=O)O)CS2)cc1CN1CCOCC1. The third-order valence-electron chi connectivity index (χ3n) is 4.19. The topological polar surface area (TPSA) is 71.0 Å². The minimum Gasteiger partial charge on any atom is -0.496 e. The van der Waals surface area contributed by atoms with Gasteiger partial charge in [-0.15, -0.1) is 11.8 Å². The molecule has 0 bridgehead atoms. The fourth-order valence-electron chi connectivity index (χ4n) is 2.89. The van der Waals surface area contributed by atoms with E-state index in [4.69, 9.17) is 14.6 Å². The van der Waals surface area contributed by atoms with Gasteiger partial charge in [-0.05, 0) is 17.7 Å². The second-order valence-electron chi connectivity index (χ2n) is 5.73. The summed E-state index contributed by atoms with van der Waals surface area (Å²) in [5.41, 5.74) is 2.23. The number of ether oxygens (including phenoxy) is 2. The Kier molecular flexibility index (Phi) is 5.42. The number of methoxy groups -OCH3 is 1. The number of carboxylic acid groups (broad SMARTS) is 1. The van der Waals surface area contributed by atoms with Crippen LogP contribution < -0.4 is 10.1 Å². The minimum absolute atomic E-state index is 0.0189. The molecule has 2 heterocycles. The van der Waals surface area contributed by atoms with Gasteiger partial charge in [0.25, 0.3) is 0 Å².